The SMILES string of the molecule is Cc1nc(-c2ccc(Cl)cc2)sc1C(=O)N1CCC(N(C)S(C)(=O)=O)CC1. The molecule has 0 bridgehead atoms. The number of aryl methyl sites for hydroxylation is 1. The highest BCUT2D eigenvalue weighted by Crippen LogP contribution is 2.30. The number of amides is 1. The van der Waals surface area contributed by atoms with E-state index in [1.807, 2.05) is 19.1 Å². The van der Waals surface area contributed by atoms with Crippen LogP contribution in [-0.4, -0.2) is 60.9 Å². The van der Waals surface area contributed by atoms with Crippen molar-refractivity contribution >= 4 is 38.9 Å². The summed E-state index contributed by atoms with van der Waals surface area (Å²) in [5.74, 6) is -0.0364. The Bertz CT molecular complexity index is 933. The lowest BCUT2D eigenvalue weighted by Gasteiger charge is -2.35. The monoisotopic (exact) mass is 427 g/mol. The fourth-order valence-corrected chi connectivity index (χ4v) is 5.08. The van der Waals surface area contributed by atoms with Crippen molar-refractivity contribution in [2.24, 2.45) is 0 Å². The first-order valence-corrected chi connectivity index (χ1v) is 11.7. The summed E-state index contributed by atoms with van der Waals surface area (Å²) >= 11 is 7.31. The minimum atomic E-state index is -3.22. The van der Waals surface area contributed by atoms with Crippen molar-refractivity contribution in [3.8, 4) is 10.6 Å². The van der Waals surface area contributed by atoms with Crippen molar-refractivity contribution in [3.63, 3.8) is 0 Å². The van der Waals surface area contributed by atoms with Gasteiger partial charge in [0.25, 0.3) is 5.91 Å². The van der Waals surface area contributed by atoms with Gasteiger partial charge < -0.3 is 4.90 Å². The Morgan fingerprint density at radius 2 is 1.85 bits per heavy atom. The van der Waals surface area contributed by atoms with Gasteiger partial charge in [0.1, 0.15) is 9.88 Å². The molecule has 9 heteroatoms. The van der Waals surface area contributed by atoms with Crippen LogP contribution >= 0.6 is 22.9 Å². The van der Waals surface area contributed by atoms with E-state index in [2.05, 4.69) is 4.98 Å². The third kappa shape index (κ3) is 4.51. The maximum absolute atomic E-state index is 12.9. The molecule has 27 heavy (non-hydrogen) atoms. The molecule has 0 saturated carbocycles. The van der Waals surface area contributed by atoms with E-state index in [1.165, 1.54) is 21.9 Å². The van der Waals surface area contributed by atoms with Crippen LogP contribution < -0.4 is 0 Å². The molecule has 1 aromatic heterocycles. The number of thiazole rings is 1. The summed E-state index contributed by atoms with van der Waals surface area (Å²) < 4.78 is 24.8. The molecule has 2 aromatic rings. The summed E-state index contributed by atoms with van der Waals surface area (Å²) in [6.07, 6.45) is 2.48. The maximum Gasteiger partial charge on any atom is 0.265 e. The second-order valence-corrected chi connectivity index (χ2v) is 10.2. The molecule has 0 aliphatic carbocycles. The van der Waals surface area contributed by atoms with Crippen LogP contribution in [0.5, 0.6) is 0 Å². The lowest BCUT2D eigenvalue weighted by molar-refractivity contribution is 0.0690. The van der Waals surface area contributed by atoms with Gasteiger partial charge in [-0.25, -0.2) is 17.7 Å². The summed E-state index contributed by atoms with van der Waals surface area (Å²) in [5, 5.41) is 1.45. The molecule has 0 unspecified atom stereocenters. The molecule has 1 amide bonds. The van der Waals surface area contributed by atoms with Crippen molar-refractivity contribution in [3.05, 3.63) is 39.9 Å². The molecular weight excluding hydrogens is 406 g/mol. The van der Waals surface area contributed by atoms with Crippen LogP contribution in [-0.2, 0) is 10.0 Å². The molecule has 3 rings (SSSR count). The van der Waals surface area contributed by atoms with Gasteiger partial charge >= 0.3 is 0 Å². The molecule has 0 N–H and O–H groups in total. The first-order valence-electron chi connectivity index (χ1n) is 8.62. The Morgan fingerprint density at radius 1 is 1.26 bits per heavy atom. The zero-order valence-corrected chi connectivity index (χ0v) is 17.9. The van der Waals surface area contributed by atoms with Crippen LogP contribution in [0.2, 0.25) is 5.02 Å². The molecule has 6 nitrogen and oxygen atoms in total. The van der Waals surface area contributed by atoms with Crippen molar-refractivity contribution in [1.82, 2.24) is 14.2 Å². The number of carbonyl (C=O) groups excluding carboxylic acids is 1. The lowest BCUT2D eigenvalue weighted by Crippen LogP contribution is -2.47. The second kappa shape index (κ2) is 7.87. The normalized spacial score (nSPS) is 16.1. The van der Waals surface area contributed by atoms with E-state index in [-0.39, 0.29) is 11.9 Å². The van der Waals surface area contributed by atoms with Crippen LogP contribution in [0, 0.1) is 6.92 Å². The van der Waals surface area contributed by atoms with Gasteiger partial charge in [0.15, 0.2) is 0 Å². The molecule has 1 fully saturated rings. The largest absolute Gasteiger partial charge is 0.338 e. The number of piperidine rings is 1. The predicted octanol–water partition coefficient (Wildman–Crippen LogP) is 3.27. The van der Waals surface area contributed by atoms with Gasteiger partial charge in [-0.1, -0.05) is 23.7 Å². The fourth-order valence-electron chi connectivity index (χ4n) is 3.16. The minimum Gasteiger partial charge on any atom is -0.338 e. The van der Waals surface area contributed by atoms with E-state index in [4.69, 9.17) is 11.6 Å². The number of likely N-dealkylation sites (tertiary alicyclic amines) is 1. The van der Waals surface area contributed by atoms with Crippen molar-refractivity contribution in [1.29, 1.82) is 0 Å². The van der Waals surface area contributed by atoms with E-state index in [0.717, 1.165) is 10.6 Å². The number of rotatable bonds is 4. The number of benzene rings is 1. The lowest BCUT2D eigenvalue weighted by atomic mass is 10.1. The molecule has 146 valence electrons. The molecule has 1 aromatic carbocycles. The quantitative estimate of drug-likeness (QED) is 0.750. The van der Waals surface area contributed by atoms with Gasteiger partial charge in [-0.05, 0) is 31.9 Å². The van der Waals surface area contributed by atoms with Crippen molar-refractivity contribution in [2.45, 2.75) is 25.8 Å². The fraction of sp³-hybridized carbons (Fsp3) is 0.444. The molecule has 1 aliphatic heterocycles. The van der Waals surface area contributed by atoms with Crippen LogP contribution in [0.15, 0.2) is 24.3 Å². The Hall–Kier alpha value is -1.48. The standard InChI is InChI=1S/C18H22ClN3O3S2/c1-12-16(26-17(20-12)13-4-6-14(19)7-5-13)18(23)22-10-8-15(9-11-22)21(2)27(3,24)25/h4-7,15H,8-11H2,1-3H3. The minimum absolute atomic E-state index is 0.0364. The van der Waals surface area contributed by atoms with Gasteiger partial charge in [-0.2, -0.15) is 0 Å². The molecular formula is C18H22ClN3O3S2. The molecule has 2 heterocycles. The van der Waals surface area contributed by atoms with Gasteiger partial charge in [-0.15, -0.1) is 11.3 Å². The Balaban J connectivity index is 1.71. The molecule has 1 aliphatic rings. The third-order valence-electron chi connectivity index (χ3n) is 4.87. The van der Waals surface area contributed by atoms with E-state index in [9.17, 15) is 13.2 Å². The highest BCUT2D eigenvalue weighted by molar-refractivity contribution is 7.88. The summed E-state index contributed by atoms with van der Waals surface area (Å²) in [5.41, 5.74) is 1.64. The second-order valence-electron chi connectivity index (χ2n) is 6.74. The summed E-state index contributed by atoms with van der Waals surface area (Å²) in [6, 6.07) is 7.33. The highest BCUT2D eigenvalue weighted by atomic mass is 35.5. The highest BCUT2D eigenvalue weighted by Gasteiger charge is 2.30. The topological polar surface area (TPSA) is 70.6 Å². The van der Waals surface area contributed by atoms with Crippen LogP contribution in [0.1, 0.15) is 28.2 Å². The summed E-state index contributed by atoms with van der Waals surface area (Å²) in [6.45, 7) is 2.92. The Labute approximate surface area is 168 Å². The number of carbonyl (C=O) groups is 1. The van der Waals surface area contributed by atoms with E-state index in [1.54, 1.807) is 24.1 Å². The van der Waals surface area contributed by atoms with E-state index < -0.39 is 10.0 Å². The Morgan fingerprint density at radius 3 is 2.41 bits per heavy atom. The number of hydrogen-bond acceptors (Lipinski definition) is 5. The van der Waals surface area contributed by atoms with E-state index in [0.29, 0.717) is 41.5 Å². The summed E-state index contributed by atoms with van der Waals surface area (Å²) in [4.78, 5) is 19.9. The average Bonchev–Trinajstić information content (AvgIpc) is 3.02. The first-order chi connectivity index (χ1) is 12.7. The van der Waals surface area contributed by atoms with Gasteiger partial charge in [0.05, 0.1) is 11.9 Å². The van der Waals surface area contributed by atoms with Gasteiger partial charge in [-0.3, -0.25) is 4.79 Å². The third-order valence-corrected chi connectivity index (χ3v) is 7.66. The van der Waals surface area contributed by atoms with Crippen LogP contribution in [0.3, 0.4) is 0 Å². The van der Waals surface area contributed by atoms with Gasteiger partial charge in [0, 0.05) is 36.8 Å². The number of sulfonamides is 1. The first kappa shape index (κ1) is 20.3. The number of hydrogen-bond donors (Lipinski definition) is 0. The van der Waals surface area contributed by atoms with Gasteiger partial charge in [0.2, 0.25) is 10.0 Å². The average molecular weight is 428 g/mol. The van der Waals surface area contributed by atoms with Crippen LogP contribution in [0.25, 0.3) is 10.6 Å². The maximum atomic E-state index is 12.9. The van der Waals surface area contributed by atoms with E-state index >= 15 is 0 Å². The van der Waals surface area contributed by atoms with Crippen molar-refractivity contribution < 1.29 is 13.2 Å². The van der Waals surface area contributed by atoms with Crippen LogP contribution in [0.4, 0.5) is 0 Å². The zero-order chi connectivity index (χ0) is 19.8. The molecule has 0 spiro atoms. The number of halogens is 1. The molecule has 0 radical (unpaired) electrons. The molecule has 0 atom stereocenters. The van der Waals surface area contributed by atoms with Crippen molar-refractivity contribution in [2.75, 3.05) is 26.4 Å². The number of aromatic nitrogens is 1. The summed E-state index contributed by atoms with van der Waals surface area (Å²) in [7, 11) is -1.62. The predicted molar refractivity (Wildman–Crippen MR) is 109 cm³/mol. The smallest absolute Gasteiger partial charge is 0.265 e. The number of nitrogens with zero attached hydrogens (tertiary/aromatic N) is 3. The zero-order valence-electron chi connectivity index (χ0n) is 15.5. The Kier molecular flexibility index (Phi) is 5.90. The molecule has 1 saturated heterocycles.